The molecule has 8 aromatic rings. The summed E-state index contributed by atoms with van der Waals surface area (Å²) in [4.78, 5) is 11.8. The highest BCUT2D eigenvalue weighted by Crippen LogP contribution is 2.32. The Morgan fingerprint density at radius 3 is 1.53 bits per heavy atom. The zero-order valence-corrected chi connectivity index (χ0v) is 45.8. The van der Waals surface area contributed by atoms with Crippen molar-refractivity contribution in [3.05, 3.63) is 206 Å². The molecule has 0 saturated carbocycles. The van der Waals surface area contributed by atoms with Gasteiger partial charge in [-0.25, -0.2) is 16.8 Å². The number of oxime groups is 1. The fourth-order valence-corrected chi connectivity index (χ4v) is 13.3. The van der Waals surface area contributed by atoms with E-state index in [-0.39, 0.29) is 21.6 Å². The Bertz CT molecular complexity index is 3200. The van der Waals surface area contributed by atoms with Crippen molar-refractivity contribution >= 4 is 75.4 Å². The Hall–Kier alpha value is -6.49. The molecule has 2 unspecified atom stereocenters. The molecule has 2 aromatic heterocycles. The Morgan fingerprint density at radius 2 is 1.07 bits per heavy atom. The lowest BCUT2D eigenvalue weighted by Gasteiger charge is -2.36. The summed E-state index contributed by atoms with van der Waals surface area (Å²) in [6.07, 6.45) is 10.9. The lowest BCUT2D eigenvalue weighted by atomic mass is 9.97. The van der Waals surface area contributed by atoms with Crippen LogP contribution in [-0.2, 0) is 32.9 Å². The van der Waals surface area contributed by atoms with Crippen LogP contribution in [0.1, 0.15) is 43.7 Å². The predicted octanol–water partition coefficient (Wildman–Crippen LogP) is 11.9. The number of fused-ring (bicyclic) bond motifs is 2. The van der Waals surface area contributed by atoms with Gasteiger partial charge in [-0.3, -0.25) is 18.6 Å². The molecule has 0 radical (unpaired) electrons. The second kappa shape index (κ2) is 29.0. The number of benzene rings is 6. The van der Waals surface area contributed by atoms with Crippen LogP contribution in [-0.4, -0.2) is 94.3 Å². The van der Waals surface area contributed by atoms with Crippen molar-refractivity contribution in [3.8, 4) is 0 Å². The number of rotatable bonds is 15. The molecule has 4 heterocycles. The number of anilines is 2. The van der Waals surface area contributed by atoms with Crippen molar-refractivity contribution < 1.29 is 22.0 Å². The molecule has 0 amide bonds. The average Bonchev–Trinajstić information content (AvgIpc) is 3.48. The quantitative estimate of drug-likeness (QED) is 0.0443. The molecule has 15 heteroatoms. The molecule has 0 bridgehead atoms. The molecule has 0 aliphatic carbocycles. The Kier molecular flexibility index (Phi) is 21.7. The van der Waals surface area contributed by atoms with Gasteiger partial charge in [-0.1, -0.05) is 149 Å². The molecular weight excluding hydrogens is 1040 g/mol. The molecule has 2 aliphatic rings. The van der Waals surface area contributed by atoms with E-state index >= 15 is 0 Å². The SMILES string of the molecule is BrCCc1ccccc1.C/C=N/O.O=S(=O)(c1cccc2cccnc12)N(CC1CCCN(CCc2ccccc2)C1)c1ccccc1.O=S(=O)(c1cccc2cccnc12)N(CC1CCCNC1)c1ccccc1. The van der Waals surface area contributed by atoms with Gasteiger partial charge in [0, 0.05) is 60.9 Å². The first-order chi connectivity index (χ1) is 36.6. The van der Waals surface area contributed by atoms with Gasteiger partial charge in [0.15, 0.2) is 0 Å². The third-order valence-electron chi connectivity index (χ3n) is 13.2. The summed E-state index contributed by atoms with van der Waals surface area (Å²) < 4.78 is 58.7. The summed E-state index contributed by atoms with van der Waals surface area (Å²) >= 11 is 3.39. The topological polar surface area (TPSA) is 148 Å². The standard InChI is InChI=1S/C29H31N3O2S.C21H23N3O2S.C8H9Br.C2H5NO/c33-35(34,28-17-7-13-26-14-8-19-30-29(26)28)32(27-15-5-2-6-16-27)23-25-12-9-20-31(22-25)21-18-24-10-3-1-4-11-24;25-27(26,20-12-4-8-18-9-6-14-23-21(18)20)24(19-10-2-1-3-11-19)16-17-7-5-13-22-15-17;9-7-6-8-4-2-1-3-5-8;1-2-3-4/h1-8,10-11,13-17,19,25H,9,12,18,20-23H2;1-4,6,8-12,14,17,22H,5,7,13,15-16H2;1-5H,6-7H2;2,4H,1H3/b;;;3-2+. The van der Waals surface area contributed by atoms with Crippen LogP contribution in [0, 0.1) is 11.8 Å². The minimum absolute atomic E-state index is 0.258. The monoisotopic (exact) mass is 1110 g/mol. The Labute approximate surface area is 452 Å². The number of alkyl halides is 1. The van der Waals surface area contributed by atoms with Crippen LogP contribution in [0.5, 0.6) is 0 Å². The van der Waals surface area contributed by atoms with Gasteiger partial charge in [-0.15, -0.1) is 5.16 Å². The summed E-state index contributed by atoms with van der Waals surface area (Å²) in [6.45, 7) is 7.36. The van der Waals surface area contributed by atoms with E-state index in [2.05, 4.69) is 89.8 Å². The summed E-state index contributed by atoms with van der Waals surface area (Å²) in [5, 5.41) is 16.1. The minimum Gasteiger partial charge on any atom is -0.411 e. The Morgan fingerprint density at radius 1 is 0.613 bits per heavy atom. The maximum absolute atomic E-state index is 14.1. The van der Waals surface area contributed by atoms with Crippen molar-refractivity contribution in [3.63, 3.8) is 0 Å². The van der Waals surface area contributed by atoms with Gasteiger partial charge < -0.3 is 15.4 Å². The largest absolute Gasteiger partial charge is 0.411 e. The number of para-hydroxylation sites is 4. The van der Waals surface area contributed by atoms with Gasteiger partial charge in [0.1, 0.15) is 9.79 Å². The van der Waals surface area contributed by atoms with Crippen LogP contribution in [0.15, 0.2) is 209 Å². The number of nitrogens with one attached hydrogen (secondary N) is 1. The molecule has 392 valence electrons. The van der Waals surface area contributed by atoms with Crippen molar-refractivity contribution in [1.29, 1.82) is 0 Å². The predicted molar refractivity (Wildman–Crippen MR) is 310 cm³/mol. The number of hydrogen-bond acceptors (Lipinski definition) is 10. The van der Waals surface area contributed by atoms with E-state index < -0.39 is 20.0 Å². The highest BCUT2D eigenvalue weighted by Gasteiger charge is 2.32. The zero-order chi connectivity index (χ0) is 52.7. The van der Waals surface area contributed by atoms with Gasteiger partial charge >= 0.3 is 0 Å². The van der Waals surface area contributed by atoms with Gasteiger partial charge in [0.2, 0.25) is 0 Å². The van der Waals surface area contributed by atoms with Gasteiger partial charge in [-0.05, 0) is 137 Å². The lowest BCUT2D eigenvalue weighted by molar-refractivity contribution is 0.180. The highest BCUT2D eigenvalue weighted by atomic mass is 79.9. The number of halogens is 1. The molecule has 12 nitrogen and oxygen atoms in total. The second-order valence-corrected chi connectivity index (χ2v) is 22.9. The summed E-state index contributed by atoms with van der Waals surface area (Å²) in [6, 6.07) is 58.0. The maximum atomic E-state index is 14.1. The Balaban J connectivity index is 0.000000180. The van der Waals surface area contributed by atoms with E-state index in [0.29, 0.717) is 35.5 Å². The van der Waals surface area contributed by atoms with Crippen molar-refractivity contribution in [2.75, 3.05) is 59.8 Å². The van der Waals surface area contributed by atoms with Gasteiger partial charge in [0.05, 0.1) is 22.4 Å². The van der Waals surface area contributed by atoms with Crippen LogP contribution >= 0.6 is 15.9 Å². The number of nitrogens with zero attached hydrogens (tertiary/aromatic N) is 6. The average molecular weight is 1110 g/mol. The third-order valence-corrected chi connectivity index (χ3v) is 17.2. The number of piperidine rings is 2. The van der Waals surface area contributed by atoms with Crippen LogP contribution in [0.3, 0.4) is 0 Å². The fourth-order valence-electron chi connectivity index (χ4n) is 9.42. The van der Waals surface area contributed by atoms with E-state index in [1.807, 2.05) is 109 Å². The highest BCUT2D eigenvalue weighted by molar-refractivity contribution is 9.09. The minimum atomic E-state index is -3.80. The first-order valence-electron chi connectivity index (χ1n) is 25.6. The van der Waals surface area contributed by atoms with Crippen LogP contribution in [0.4, 0.5) is 11.4 Å². The number of sulfonamides is 2. The molecule has 2 atom stereocenters. The van der Waals surface area contributed by atoms with Gasteiger partial charge in [0.25, 0.3) is 20.0 Å². The molecular formula is C60H68BrN7O5S2. The van der Waals surface area contributed by atoms with Crippen molar-refractivity contribution in [1.82, 2.24) is 20.2 Å². The molecule has 2 N–H and O–H groups in total. The first-order valence-corrected chi connectivity index (χ1v) is 29.6. The number of aromatic nitrogens is 2. The molecule has 2 saturated heterocycles. The number of hydrogen-bond donors (Lipinski definition) is 2. The fraction of sp³-hybridized carbons (Fsp3) is 0.283. The molecule has 0 spiro atoms. The zero-order valence-electron chi connectivity index (χ0n) is 42.6. The smallest absolute Gasteiger partial charge is 0.266 e. The van der Waals surface area contributed by atoms with Crippen LogP contribution < -0.4 is 13.9 Å². The molecule has 75 heavy (non-hydrogen) atoms. The van der Waals surface area contributed by atoms with Crippen LogP contribution in [0.2, 0.25) is 0 Å². The van der Waals surface area contributed by atoms with Crippen molar-refractivity contribution in [2.45, 2.75) is 55.2 Å². The van der Waals surface area contributed by atoms with E-state index in [9.17, 15) is 16.8 Å². The molecule has 10 rings (SSSR count). The third kappa shape index (κ3) is 16.0. The van der Waals surface area contributed by atoms with Gasteiger partial charge in [-0.2, -0.15) is 0 Å². The lowest BCUT2D eigenvalue weighted by Crippen LogP contribution is -2.43. The second-order valence-electron chi connectivity index (χ2n) is 18.5. The van der Waals surface area contributed by atoms with Crippen molar-refractivity contribution in [2.24, 2.45) is 17.0 Å². The number of likely N-dealkylation sites (tertiary alicyclic amines) is 1. The summed E-state index contributed by atoms with van der Waals surface area (Å²) in [7, 11) is -7.54. The molecule has 6 aromatic carbocycles. The van der Waals surface area contributed by atoms with E-state index in [4.69, 9.17) is 5.21 Å². The molecule has 2 fully saturated rings. The maximum Gasteiger partial charge on any atom is 0.266 e. The van der Waals surface area contributed by atoms with Crippen LogP contribution in [0.25, 0.3) is 21.8 Å². The molecule has 2 aliphatic heterocycles. The number of aryl methyl sites for hydroxylation is 1. The first kappa shape index (κ1) is 56.2. The van der Waals surface area contributed by atoms with E-state index in [1.54, 1.807) is 52.2 Å². The summed E-state index contributed by atoms with van der Waals surface area (Å²) in [5.74, 6) is 0.550. The van der Waals surface area contributed by atoms with E-state index in [1.165, 1.54) is 17.3 Å². The van der Waals surface area contributed by atoms with E-state index in [0.717, 1.165) is 87.4 Å². The summed E-state index contributed by atoms with van der Waals surface area (Å²) in [5.41, 5.74) is 5.16. The number of pyridine rings is 2. The normalized spacial score (nSPS) is 15.9.